The Labute approximate surface area is 95.8 Å². The average Bonchev–Trinajstić information content (AvgIpc) is 2.70. The summed E-state index contributed by atoms with van der Waals surface area (Å²) >= 11 is 0. The minimum Gasteiger partial charge on any atom is -0.313 e. The third kappa shape index (κ3) is 4.71. The van der Waals surface area contributed by atoms with Crippen molar-refractivity contribution < 1.29 is 8.42 Å². The Morgan fingerprint density at radius 2 is 2.31 bits per heavy atom. The summed E-state index contributed by atoms with van der Waals surface area (Å²) in [5.41, 5.74) is 0. The molecule has 16 heavy (non-hydrogen) atoms. The summed E-state index contributed by atoms with van der Waals surface area (Å²) in [4.78, 5) is 3.98. The highest BCUT2D eigenvalue weighted by molar-refractivity contribution is 7.91. The first kappa shape index (κ1) is 13.1. The monoisotopic (exact) mass is 246 g/mol. The van der Waals surface area contributed by atoms with Gasteiger partial charge in [-0.25, -0.2) is 13.4 Å². The molecule has 0 aliphatic rings. The number of rotatable bonds is 7. The predicted octanol–water partition coefficient (Wildman–Crippen LogP) is -0.240. The summed E-state index contributed by atoms with van der Waals surface area (Å²) in [5.74, 6) is 1.18. The molecule has 1 aromatic heterocycles. The molecule has 6 nitrogen and oxygen atoms in total. The molecule has 2 N–H and O–H groups in total. The van der Waals surface area contributed by atoms with Crippen molar-refractivity contribution in [2.45, 2.75) is 26.3 Å². The maximum atomic E-state index is 11.3. The summed E-state index contributed by atoms with van der Waals surface area (Å²) < 4.78 is 22.7. The van der Waals surface area contributed by atoms with Gasteiger partial charge < -0.3 is 5.32 Å². The summed E-state index contributed by atoms with van der Waals surface area (Å²) in [7, 11) is -2.90. The topological polar surface area (TPSA) is 87.7 Å². The van der Waals surface area contributed by atoms with E-state index in [1.165, 1.54) is 6.33 Å². The minimum atomic E-state index is -2.90. The van der Waals surface area contributed by atoms with Crippen LogP contribution >= 0.6 is 0 Å². The van der Waals surface area contributed by atoms with Gasteiger partial charge in [0.05, 0.1) is 5.75 Å². The van der Waals surface area contributed by atoms with Gasteiger partial charge in [0.25, 0.3) is 0 Å². The molecule has 7 heteroatoms. The highest BCUT2D eigenvalue weighted by Crippen LogP contribution is 1.94. The summed E-state index contributed by atoms with van der Waals surface area (Å²) in [6.45, 7) is 4.22. The fraction of sp³-hybridized carbons (Fsp3) is 0.778. The van der Waals surface area contributed by atoms with Gasteiger partial charge in [-0.3, -0.25) is 5.10 Å². The highest BCUT2D eigenvalue weighted by Gasteiger charge is 2.12. The van der Waals surface area contributed by atoms with Crippen LogP contribution in [0.5, 0.6) is 0 Å². The van der Waals surface area contributed by atoms with E-state index in [2.05, 4.69) is 20.5 Å². The maximum Gasteiger partial charge on any atom is 0.151 e. The second-order valence-electron chi connectivity index (χ2n) is 3.74. The average molecular weight is 246 g/mol. The Hall–Kier alpha value is -0.950. The van der Waals surface area contributed by atoms with E-state index in [4.69, 9.17) is 0 Å². The van der Waals surface area contributed by atoms with Gasteiger partial charge in [-0.1, -0.05) is 6.92 Å². The lowest BCUT2D eigenvalue weighted by molar-refractivity contribution is 0.556. The van der Waals surface area contributed by atoms with Crippen LogP contribution in [0, 0.1) is 0 Å². The third-order valence-corrected chi connectivity index (χ3v) is 4.15. The summed E-state index contributed by atoms with van der Waals surface area (Å²) in [6, 6.07) is -0.0344. The van der Waals surface area contributed by atoms with Crippen molar-refractivity contribution in [2.75, 3.05) is 18.1 Å². The van der Waals surface area contributed by atoms with Crippen LogP contribution in [0.1, 0.15) is 19.7 Å². The van der Waals surface area contributed by atoms with E-state index in [9.17, 15) is 8.42 Å². The summed E-state index contributed by atoms with van der Waals surface area (Å²) in [5, 5.41) is 9.63. The van der Waals surface area contributed by atoms with Crippen molar-refractivity contribution >= 4 is 9.84 Å². The molecular weight excluding hydrogens is 228 g/mol. The van der Waals surface area contributed by atoms with E-state index in [0.717, 1.165) is 12.2 Å². The molecule has 0 aliphatic carbocycles. The Morgan fingerprint density at radius 1 is 1.56 bits per heavy atom. The standard InChI is InChI=1S/C9H18N4O2S/c1-3-16(14,15)6-8(2)10-5-4-9-11-7-12-13-9/h7-8,10H,3-6H2,1-2H3,(H,11,12,13). The molecule has 0 bridgehead atoms. The minimum absolute atomic E-state index is 0.0344. The zero-order valence-corrected chi connectivity index (χ0v) is 10.4. The lowest BCUT2D eigenvalue weighted by Crippen LogP contribution is -2.35. The van der Waals surface area contributed by atoms with Crippen LogP contribution in [0.2, 0.25) is 0 Å². The van der Waals surface area contributed by atoms with Crippen LogP contribution in [0.25, 0.3) is 0 Å². The van der Waals surface area contributed by atoms with Gasteiger partial charge >= 0.3 is 0 Å². The number of hydrogen-bond donors (Lipinski definition) is 2. The number of H-pyrrole nitrogens is 1. The first-order valence-corrected chi connectivity index (χ1v) is 7.13. The summed E-state index contributed by atoms with van der Waals surface area (Å²) in [6.07, 6.45) is 2.18. The van der Waals surface area contributed by atoms with Gasteiger partial charge in [-0.2, -0.15) is 5.10 Å². The molecule has 0 spiro atoms. The number of sulfone groups is 1. The molecule has 0 saturated carbocycles. The van der Waals surface area contributed by atoms with E-state index < -0.39 is 9.84 Å². The normalized spacial score (nSPS) is 13.9. The second-order valence-corrected chi connectivity index (χ2v) is 6.13. The molecular formula is C9H18N4O2S. The Morgan fingerprint density at radius 3 is 2.88 bits per heavy atom. The lowest BCUT2D eigenvalue weighted by Gasteiger charge is -2.12. The van der Waals surface area contributed by atoms with Gasteiger partial charge in [0, 0.05) is 24.8 Å². The second kappa shape index (κ2) is 5.95. The number of hydrogen-bond acceptors (Lipinski definition) is 5. The lowest BCUT2D eigenvalue weighted by atomic mass is 10.3. The molecule has 0 amide bonds. The number of nitrogens with one attached hydrogen (secondary N) is 2. The van der Waals surface area contributed by atoms with Crippen LogP contribution in [0.15, 0.2) is 6.33 Å². The Bertz CT molecular complexity index is 388. The van der Waals surface area contributed by atoms with Crippen molar-refractivity contribution in [1.29, 1.82) is 0 Å². The van der Waals surface area contributed by atoms with Gasteiger partial charge in [-0.15, -0.1) is 0 Å². The molecule has 92 valence electrons. The Kier molecular flexibility index (Phi) is 4.88. The van der Waals surface area contributed by atoms with Crippen molar-refractivity contribution in [3.05, 3.63) is 12.2 Å². The predicted molar refractivity (Wildman–Crippen MR) is 61.9 cm³/mol. The number of nitrogens with zero attached hydrogens (tertiary/aromatic N) is 2. The van der Waals surface area contributed by atoms with Crippen LogP contribution < -0.4 is 5.32 Å². The van der Waals surface area contributed by atoms with Gasteiger partial charge in [0.2, 0.25) is 0 Å². The number of aromatic amines is 1. The van der Waals surface area contributed by atoms with E-state index in [0.29, 0.717) is 6.54 Å². The highest BCUT2D eigenvalue weighted by atomic mass is 32.2. The van der Waals surface area contributed by atoms with E-state index >= 15 is 0 Å². The molecule has 1 unspecified atom stereocenters. The molecule has 1 aromatic rings. The first-order chi connectivity index (χ1) is 7.53. The van der Waals surface area contributed by atoms with Crippen molar-refractivity contribution in [3.63, 3.8) is 0 Å². The van der Waals surface area contributed by atoms with Gasteiger partial charge in [0.15, 0.2) is 9.84 Å². The van der Waals surface area contributed by atoms with Crippen molar-refractivity contribution in [1.82, 2.24) is 20.5 Å². The molecule has 0 aromatic carbocycles. The quantitative estimate of drug-likeness (QED) is 0.693. The van der Waals surface area contributed by atoms with Crippen molar-refractivity contribution in [3.8, 4) is 0 Å². The number of aromatic nitrogens is 3. The molecule has 1 atom stereocenters. The van der Waals surface area contributed by atoms with E-state index in [-0.39, 0.29) is 17.5 Å². The van der Waals surface area contributed by atoms with E-state index in [1.54, 1.807) is 6.92 Å². The molecule has 1 heterocycles. The molecule has 1 rings (SSSR count). The Balaban J connectivity index is 2.23. The van der Waals surface area contributed by atoms with Crippen LogP contribution in [-0.2, 0) is 16.3 Å². The fourth-order valence-electron chi connectivity index (χ4n) is 1.35. The third-order valence-electron chi connectivity index (χ3n) is 2.26. The van der Waals surface area contributed by atoms with Crippen LogP contribution in [0.4, 0.5) is 0 Å². The van der Waals surface area contributed by atoms with Gasteiger partial charge in [0.1, 0.15) is 12.2 Å². The zero-order chi connectivity index (χ0) is 12.0. The smallest absolute Gasteiger partial charge is 0.151 e. The zero-order valence-electron chi connectivity index (χ0n) is 9.60. The molecule has 0 radical (unpaired) electrons. The SMILES string of the molecule is CCS(=O)(=O)CC(C)NCCc1ncn[nH]1. The van der Waals surface area contributed by atoms with Crippen LogP contribution in [-0.4, -0.2) is 47.7 Å². The van der Waals surface area contributed by atoms with E-state index in [1.807, 2.05) is 6.92 Å². The van der Waals surface area contributed by atoms with Gasteiger partial charge in [-0.05, 0) is 6.92 Å². The first-order valence-electron chi connectivity index (χ1n) is 5.31. The van der Waals surface area contributed by atoms with Crippen LogP contribution in [0.3, 0.4) is 0 Å². The maximum absolute atomic E-state index is 11.3. The fourth-order valence-corrected chi connectivity index (χ4v) is 2.46. The molecule has 0 aliphatic heterocycles. The van der Waals surface area contributed by atoms with Crippen molar-refractivity contribution in [2.24, 2.45) is 0 Å². The largest absolute Gasteiger partial charge is 0.313 e. The molecule has 0 fully saturated rings. The molecule has 0 saturated heterocycles.